The molecule has 0 atom stereocenters. The molecule has 4 nitrogen and oxygen atoms in total. The van der Waals surface area contributed by atoms with Gasteiger partial charge in [-0.25, -0.2) is 0 Å². The molecule has 0 fully saturated rings. The Morgan fingerprint density at radius 2 is 1.95 bits per heavy atom. The first-order valence-electron chi connectivity index (χ1n) is 5.95. The summed E-state index contributed by atoms with van der Waals surface area (Å²) in [4.78, 5) is 9.91. The Morgan fingerprint density at radius 1 is 1.20 bits per heavy atom. The second-order valence-electron chi connectivity index (χ2n) is 4.24. The molecule has 2 aromatic rings. The van der Waals surface area contributed by atoms with Gasteiger partial charge < -0.3 is 5.32 Å². The summed E-state index contributed by atoms with van der Waals surface area (Å²) >= 11 is 5.86. The number of hydrogen-bond donors (Lipinski definition) is 1. The van der Waals surface area contributed by atoms with Crippen molar-refractivity contribution < 1.29 is 9.31 Å². The van der Waals surface area contributed by atoms with Crippen molar-refractivity contribution in [1.29, 1.82) is 0 Å². The predicted octanol–water partition coefficient (Wildman–Crippen LogP) is 3.68. The van der Waals surface area contributed by atoms with Gasteiger partial charge in [-0.2, -0.15) is 4.39 Å². The highest BCUT2D eigenvalue weighted by atomic mass is 35.5. The molecule has 1 N–H and O–H groups in total. The van der Waals surface area contributed by atoms with E-state index in [1.807, 2.05) is 12.1 Å². The van der Waals surface area contributed by atoms with Crippen LogP contribution in [0.3, 0.4) is 0 Å². The SMILES string of the molecule is O=[N+]([O-])c1cccc(CNCc2cccc(Cl)c2)c1F. The summed E-state index contributed by atoms with van der Waals surface area (Å²) in [6.07, 6.45) is 0. The van der Waals surface area contributed by atoms with E-state index in [4.69, 9.17) is 11.6 Å². The zero-order valence-electron chi connectivity index (χ0n) is 10.5. The van der Waals surface area contributed by atoms with Crippen molar-refractivity contribution in [3.05, 3.63) is 74.5 Å². The van der Waals surface area contributed by atoms with Gasteiger partial charge in [0.1, 0.15) is 0 Å². The molecule has 0 unspecified atom stereocenters. The van der Waals surface area contributed by atoms with Gasteiger partial charge in [-0.15, -0.1) is 0 Å². The van der Waals surface area contributed by atoms with Gasteiger partial charge in [-0.05, 0) is 17.7 Å². The van der Waals surface area contributed by atoms with Crippen LogP contribution < -0.4 is 5.32 Å². The summed E-state index contributed by atoms with van der Waals surface area (Å²) in [6.45, 7) is 0.711. The van der Waals surface area contributed by atoms with E-state index < -0.39 is 16.4 Å². The molecule has 0 aliphatic carbocycles. The highest BCUT2D eigenvalue weighted by molar-refractivity contribution is 6.30. The minimum atomic E-state index is -0.795. The van der Waals surface area contributed by atoms with E-state index in [9.17, 15) is 14.5 Å². The molecule has 0 amide bonds. The summed E-state index contributed by atoms with van der Waals surface area (Å²) in [5, 5.41) is 14.3. The van der Waals surface area contributed by atoms with E-state index >= 15 is 0 Å². The summed E-state index contributed by atoms with van der Waals surface area (Å²) in [5.74, 6) is -0.795. The Bertz CT molecular complexity index is 634. The third kappa shape index (κ3) is 3.53. The first-order chi connectivity index (χ1) is 9.58. The lowest BCUT2D eigenvalue weighted by Gasteiger charge is -2.06. The Morgan fingerprint density at radius 3 is 2.65 bits per heavy atom. The van der Waals surface area contributed by atoms with Crippen molar-refractivity contribution in [3.63, 3.8) is 0 Å². The Kier molecular flexibility index (Phi) is 4.65. The molecule has 0 aliphatic heterocycles. The van der Waals surface area contributed by atoms with Crippen LogP contribution in [0.4, 0.5) is 10.1 Å². The van der Waals surface area contributed by atoms with Crippen molar-refractivity contribution in [1.82, 2.24) is 5.32 Å². The van der Waals surface area contributed by atoms with Crippen LogP contribution in [-0.4, -0.2) is 4.92 Å². The molecule has 20 heavy (non-hydrogen) atoms. The van der Waals surface area contributed by atoms with E-state index in [0.717, 1.165) is 11.6 Å². The van der Waals surface area contributed by atoms with Gasteiger partial charge in [0.05, 0.1) is 4.92 Å². The average Bonchev–Trinajstić information content (AvgIpc) is 2.40. The van der Waals surface area contributed by atoms with Crippen LogP contribution in [0.25, 0.3) is 0 Å². The third-order valence-corrected chi connectivity index (χ3v) is 3.02. The van der Waals surface area contributed by atoms with Gasteiger partial charge >= 0.3 is 5.69 Å². The minimum absolute atomic E-state index is 0.208. The quantitative estimate of drug-likeness (QED) is 0.676. The highest BCUT2D eigenvalue weighted by Crippen LogP contribution is 2.20. The molecule has 104 valence electrons. The highest BCUT2D eigenvalue weighted by Gasteiger charge is 2.16. The molecule has 0 saturated carbocycles. The largest absolute Gasteiger partial charge is 0.309 e. The molecular weight excluding hydrogens is 283 g/mol. The fourth-order valence-electron chi connectivity index (χ4n) is 1.83. The van der Waals surface area contributed by atoms with E-state index in [-0.39, 0.29) is 12.1 Å². The van der Waals surface area contributed by atoms with Crippen LogP contribution in [0.1, 0.15) is 11.1 Å². The summed E-state index contributed by atoms with van der Waals surface area (Å²) in [7, 11) is 0. The maximum absolute atomic E-state index is 13.8. The second-order valence-corrected chi connectivity index (χ2v) is 4.68. The van der Waals surface area contributed by atoms with Crippen molar-refractivity contribution in [2.45, 2.75) is 13.1 Å². The first-order valence-corrected chi connectivity index (χ1v) is 6.32. The van der Waals surface area contributed by atoms with Crippen molar-refractivity contribution in [3.8, 4) is 0 Å². The standard InChI is InChI=1S/C14H12ClFN2O2/c15-12-5-1-3-10(7-12)8-17-9-11-4-2-6-13(14(11)16)18(19)20/h1-7,17H,8-9H2. The fraction of sp³-hybridized carbons (Fsp3) is 0.143. The number of hydrogen-bond acceptors (Lipinski definition) is 3. The predicted molar refractivity (Wildman–Crippen MR) is 75.1 cm³/mol. The number of nitro benzene ring substituents is 1. The average molecular weight is 295 g/mol. The molecule has 6 heteroatoms. The zero-order valence-corrected chi connectivity index (χ0v) is 11.2. The molecule has 0 aliphatic rings. The van der Waals surface area contributed by atoms with E-state index in [1.54, 1.807) is 12.1 Å². The Balaban J connectivity index is 2.01. The fourth-order valence-corrected chi connectivity index (χ4v) is 2.05. The minimum Gasteiger partial charge on any atom is -0.309 e. The molecule has 0 spiro atoms. The van der Waals surface area contributed by atoms with Gasteiger partial charge in [0.15, 0.2) is 0 Å². The smallest absolute Gasteiger partial charge is 0.305 e. The van der Waals surface area contributed by atoms with Crippen LogP contribution in [-0.2, 0) is 13.1 Å². The van der Waals surface area contributed by atoms with Crippen LogP contribution in [0, 0.1) is 15.9 Å². The number of rotatable bonds is 5. The van der Waals surface area contributed by atoms with Crippen LogP contribution in [0.2, 0.25) is 5.02 Å². The molecule has 0 bridgehead atoms. The molecule has 0 radical (unpaired) electrons. The van der Waals surface area contributed by atoms with Crippen molar-refractivity contribution in [2.24, 2.45) is 0 Å². The van der Waals surface area contributed by atoms with Gasteiger partial charge in [-0.1, -0.05) is 35.9 Å². The molecule has 0 saturated heterocycles. The van der Waals surface area contributed by atoms with E-state index in [1.165, 1.54) is 12.1 Å². The lowest BCUT2D eigenvalue weighted by Crippen LogP contribution is -2.14. The molecular formula is C14H12ClFN2O2. The molecule has 2 rings (SSSR count). The van der Waals surface area contributed by atoms with E-state index in [2.05, 4.69) is 5.32 Å². The van der Waals surface area contributed by atoms with Crippen LogP contribution in [0.5, 0.6) is 0 Å². The van der Waals surface area contributed by atoms with E-state index in [0.29, 0.717) is 11.6 Å². The second kappa shape index (κ2) is 6.45. The number of benzene rings is 2. The number of nitro groups is 1. The van der Waals surface area contributed by atoms with Crippen LogP contribution in [0.15, 0.2) is 42.5 Å². The number of nitrogens with one attached hydrogen (secondary N) is 1. The maximum Gasteiger partial charge on any atom is 0.305 e. The van der Waals surface area contributed by atoms with Crippen molar-refractivity contribution in [2.75, 3.05) is 0 Å². The topological polar surface area (TPSA) is 55.2 Å². The number of halogens is 2. The summed E-state index contributed by atoms with van der Waals surface area (Å²) < 4.78 is 13.8. The van der Waals surface area contributed by atoms with Gasteiger partial charge in [-0.3, -0.25) is 10.1 Å². The monoisotopic (exact) mass is 294 g/mol. The summed E-state index contributed by atoms with van der Waals surface area (Å²) in [5.41, 5.74) is 0.719. The Hall–Kier alpha value is -1.98. The molecule has 0 aromatic heterocycles. The van der Waals surface area contributed by atoms with Gasteiger partial charge in [0.2, 0.25) is 5.82 Å². The maximum atomic E-state index is 13.8. The van der Waals surface area contributed by atoms with Crippen LogP contribution >= 0.6 is 11.6 Å². The lowest BCUT2D eigenvalue weighted by molar-refractivity contribution is -0.387. The number of nitrogens with zero attached hydrogens (tertiary/aromatic N) is 1. The lowest BCUT2D eigenvalue weighted by atomic mass is 10.1. The Labute approximate surface area is 120 Å². The first kappa shape index (κ1) is 14.4. The normalized spacial score (nSPS) is 10.5. The molecule has 2 aromatic carbocycles. The van der Waals surface area contributed by atoms with Crippen molar-refractivity contribution >= 4 is 17.3 Å². The summed E-state index contributed by atoms with van der Waals surface area (Å²) in [6, 6.07) is 11.4. The zero-order chi connectivity index (χ0) is 14.5. The third-order valence-electron chi connectivity index (χ3n) is 2.79. The van der Waals surface area contributed by atoms with Gasteiger partial charge in [0, 0.05) is 29.7 Å². The molecule has 0 heterocycles. The van der Waals surface area contributed by atoms with Gasteiger partial charge in [0.25, 0.3) is 0 Å².